The van der Waals surface area contributed by atoms with Crippen LogP contribution >= 0.6 is 0 Å². The summed E-state index contributed by atoms with van der Waals surface area (Å²) in [6.45, 7) is 10.6. The number of aldehydes is 2. The first-order valence-electron chi connectivity index (χ1n) is 20.3. The van der Waals surface area contributed by atoms with E-state index in [1.54, 1.807) is 24.3 Å². The Balaban J connectivity index is 0.000000176. The van der Waals surface area contributed by atoms with Gasteiger partial charge < -0.3 is 35.5 Å². The summed E-state index contributed by atoms with van der Waals surface area (Å²) < 4.78 is 5.49. The second-order valence-corrected chi connectivity index (χ2v) is 14.5. The molecule has 8 nitrogen and oxygen atoms in total. The van der Waals surface area contributed by atoms with Gasteiger partial charge in [0.1, 0.15) is 29.8 Å². The first-order chi connectivity index (χ1) is 29.2. The van der Waals surface area contributed by atoms with Crippen LogP contribution in [0.2, 0.25) is 0 Å². The number of aliphatic hydroxyl groups excluding tert-OH is 1. The van der Waals surface area contributed by atoms with Crippen molar-refractivity contribution >= 4 is 18.6 Å². The summed E-state index contributed by atoms with van der Waals surface area (Å²) in [5.41, 5.74) is 8.78. The molecule has 0 saturated carbocycles. The lowest BCUT2D eigenvalue weighted by Crippen LogP contribution is -2.39. The summed E-state index contributed by atoms with van der Waals surface area (Å²) in [7, 11) is 0. The molecule has 0 amide bonds. The molecule has 8 rings (SSSR count). The van der Waals surface area contributed by atoms with Crippen LogP contribution in [0, 0.1) is 20.8 Å². The van der Waals surface area contributed by atoms with Gasteiger partial charge in [-0.2, -0.15) is 0 Å². The van der Waals surface area contributed by atoms with Crippen molar-refractivity contribution in [3.63, 3.8) is 0 Å². The first-order valence-corrected chi connectivity index (χ1v) is 20.3. The fourth-order valence-corrected chi connectivity index (χ4v) is 6.61. The normalized spacial score (nSPS) is 15.5. The minimum Gasteiger partial charge on any atom is -0.508 e. The zero-order valence-corrected chi connectivity index (χ0v) is 34.8. The van der Waals surface area contributed by atoms with Crippen LogP contribution in [-0.4, -0.2) is 60.4 Å². The Hall–Kier alpha value is -6.32. The third-order valence-corrected chi connectivity index (χ3v) is 9.69. The summed E-state index contributed by atoms with van der Waals surface area (Å²) in [5, 5.41) is 35.0. The van der Waals surface area contributed by atoms with E-state index in [0.717, 1.165) is 66.8 Å². The minimum absolute atomic E-state index is 0.0800. The van der Waals surface area contributed by atoms with Crippen LogP contribution in [-0.2, 0) is 9.59 Å². The van der Waals surface area contributed by atoms with Gasteiger partial charge in [-0.05, 0) is 67.8 Å². The van der Waals surface area contributed by atoms with Gasteiger partial charge in [-0.3, -0.25) is 4.79 Å². The number of phenols is 2. The van der Waals surface area contributed by atoms with Crippen molar-refractivity contribution in [3.8, 4) is 17.2 Å². The highest BCUT2D eigenvalue weighted by atomic mass is 16.6. The fraction of sp³-hybridized carbons (Fsp3) is 0.231. The maximum Gasteiger partial charge on any atom is 0.198 e. The molecule has 60 heavy (non-hydrogen) atoms. The monoisotopic (exact) mass is 806 g/mol. The Morgan fingerprint density at radius 2 is 1.22 bits per heavy atom. The second kappa shape index (κ2) is 25.9. The number of aromatic hydroxyl groups is 2. The van der Waals surface area contributed by atoms with E-state index in [-0.39, 0.29) is 17.6 Å². The molecular weight excluding hydrogens is 749 g/mol. The predicted molar refractivity (Wildman–Crippen MR) is 243 cm³/mol. The lowest BCUT2D eigenvalue weighted by Gasteiger charge is -2.30. The molecule has 0 aliphatic carbocycles. The van der Waals surface area contributed by atoms with Crippen molar-refractivity contribution in [2.45, 2.75) is 51.7 Å². The van der Waals surface area contributed by atoms with Gasteiger partial charge in [0.25, 0.3) is 0 Å². The van der Waals surface area contributed by atoms with E-state index in [0.29, 0.717) is 18.6 Å². The second-order valence-electron chi connectivity index (χ2n) is 14.5. The van der Waals surface area contributed by atoms with E-state index in [1.807, 2.05) is 129 Å². The molecule has 312 valence electrons. The molecule has 0 spiro atoms. The molecule has 6 aromatic carbocycles. The molecule has 3 atom stereocenters. The molecule has 2 aliphatic rings. The van der Waals surface area contributed by atoms with Gasteiger partial charge >= 0.3 is 0 Å². The van der Waals surface area contributed by atoms with E-state index in [2.05, 4.69) is 35.8 Å². The fourth-order valence-electron chi connectivity index (χ4n) is 6.61. The topological polar surface area (TPSA) is 128 Å². The van der Waals surface area contributed by atoms with Gasteiger partial charge in [0.2, 0.25) is 0 Å². The van der Waals surface area contributed by atoms with Crippen molar-refractivity contribution in [3.05, 3.63) is 202 Å². The Morgan fingerprint density at radius 1 is 0.667 bits per heavy atom. The predicted octanol–water partition coefficient (Wildman–Crippen LogP) is 9.43. The van der Waals surface area contributed by atoms with Crippen LogP contribution in [0.5, 0.6) is 17.2 Å². The molecule has 3 unspecified atom stereocenters. The lowest BCUT2D eigenvalue weighted by molar-refractivity contribution is -0.108. The largest absolute Gasteiger partial charge is 0.508 e. The number of carbonyl (C=O) groups is 2. The van der Waals surface area contributed by atoms with Crippen LogP contribution in [0.1, 0.15) is 69.2 Å². The van der Waals surface area contributed by atoms with Gasteiger partial charge in [-0.1, -0.05) is 150 Å². The number of phenolic OH excluding ortho intramolecular Hbond substituents is 2. The summed E-state index contributed by atoms with van der Waals surface area (Å²) in [6.07, 6.45) is 5.20. The molecule has 1 saturated heterocycles. The lowest BCUT2D eigenvalue weighted by atomic mass is 9.85. The third kappa shape index (κ3) is 16.1. The minimum atomic E-state index is -0.717. The van der Waals surface area contributed by atoms with E-state index >= 15 is 0 Å². The van der Waals surface area contributed by atoms with Crippen LogP contribution in [0.25, 0.3) is 6.08 Å². The Morgan fingerprint density at radius 3 is 1.78 bits per heavy atom. The number of fused-ring (bicyclic) bond motifs is 1. The van der Waals surface area contributed by atoms with E-state index in [1.165, 1.54) is 28.3 Å². The van der Waals surface area contributed by atoms with Gasteiger partial charge in [0.15, 0.2) is 6.29 Å². The van der Waals surface area contributed by atoms with Crippen molar-refractivity contribution in [2.24, 2.45) is 0 Å². The molecule has 8 heteroatoms. The Kier molecular flexibility index (Phi) is 20.0. The number of benzene rings is 6. The van der Waals surface area contributed by atoms with Gasteiger partial charge in [0.05, 0.1) is 0 Å². The number of hydrogen-bond acceptors (Lipinski definition) is 8. The average Bonchev–Trinajstić information content (AvgIpc) is 3.29. The molecule has 0 radical (unpaired) electrons. The molecular formula is C52H58N2O6. The van der Waals surface area contributed by atoms with Crippen molar-refractivity contribution in [1.29, 1.82) is 0 Å². The molecule has 1 fully saturated rings. The number of aryl methyl sites for hydroxylation is 3. The van der Waals surface area contributed by atoms with Crippen LogP contribution < -0.4 is 15.4 Å². The standard InChI is InChI=1S/2C16H16O2.C9H8O.C7H8O.C4H10N2/c1-11-7-8-15-14(9-11)13(10-16(17)18-15)12-5-3-2-4-6-12;1-12-7-8-16(18)15(11-12)14(9-10-17)13-5-3-2-4-6-13;10-8-4-7-9-5-2-1-3-6-9;1-6-2-4-7(8)5-3-6;1-2-6-4-3-5-1/h2-9,13,16-17H,10H2,1H3;2-8,10-11,14,18H,9H2,1H3;1-8H;2-5,8H,1H3;5-6H,1-4H2/b;;7-4+;;. The summed E-state index contributed by atoms with van der Waals surface area (Å²) in [4.78, 5) is 20.8. The highest BCUT2D eigenvalue weighted by Crippen LogP contribution is 2.40. The Bertz CT molecular complexity index is 2120. The number of allylic oxidation sites excluding steroid dienone is 1. The Labute approximate surface area is 355 Å². The number of hydrogen-bond donors (Lipinski definition) is 5. The quantitative estimate of drug-likeness (QED) is 0.0798. The molecule has 5 N–H and O–H groups in total. The summed E-state index contributed by atoms with van der Waals surface area (Å²) >= 11 is 0. The highest BCUT2D eigenvalue weighted by Gasteiger charge is 2.28. The van der Waals surface area contributed by atoms with Crippen molar-refractivity contribution < 1.29 is 29.6 Å². The zero-order valence-electron chi connectivity index (χ0n) is 34.8. The van der Waals surface area contributed by atoms with Crippen LogP contribution in [0.15, 0.2) is 158 Å². The average molecular weight is 807 g/mol. The van der Waals surface area contributed by atoms with Gasteiger partial charge in [-0.25, -0.2) is 0 Å². The molecule has 2 aliphatic heterocycles. The molecule has 2 heterocycles. The molecule has 6 aromatic rings. The third-order valence-electron chi connectivity index (χ3n) is 9.69. The number of aliphatic hydroxyl groups is 1. The number of carbonyl (C=O) groups excluding carboxylic acids is 2. The highest BCUT2D eigenvalue weighted by molar-refractivity contribution is 5.73. The number of nitrogens with one attached hydrogen (secondary N) is 2. The molecule has 0 aromatic heterocycles. The van der Waals surface area contributed by atoms with Crippen molar-refractivity contribution in [1.82, 2.24) is 10.6 Å². The zero-order chi connectivity index (χ0) is 43.0. The molecule has 0 bridgehead atoms. The smallest absolute Gasteiger partial charge is 0.198 e. The maximum atomic E-state index is 10.9. The summed E-state index contributed by atoms with van der Waals surface area (Å²) in [5.74, 6) is 1.51. The van der Waals surface area contributed by atoms with Gasteiger partial charge in [0, 0.05) is 62.0 Å². The van der Waals surface area contributed by atoms with Crippen LogP contribution in [0.4, 0.5) is 0 Å². The number of rotatable bonds is 7. The van der Waals surface area contributed by atoms with E-state index in [9.17, 15) is 19.8 Å². The first kappa shape index (κ1) is 46.4. The maximum absolute atomic E-state index is 10.9. The van der Waals surface area contributed by atoms with Crippen LogP contribution in [0.3, 0.4) is 0 Å². The number of piperazine rings is 1. The SMILES string of the molecule is C1CNCCN1.Cc1ccc(O)c(C(CC=O)c2ccccc2)c1.Cc1ccc(O)cc1.Cc1ccc2c(c1)C(c1ccccc1)CC(O)O2.O=C/C=C/c1ccccc1. The van der Waals surface area contributed by atoms with E-state index < -0.39 is 6.29 Å². The van der Waals surface area contributed by atoms with Crippen molar-refractivity contribution in [2.75, 3.05) is 26.2 Å². The van der Waals surface area contributed by atoms with E-state index in [4.69, 9.17) is 9.84 Å². The number of ether oxygens (including phenoxy) is 1. The van der Waals surface area contributed by atoms with Gasteiger partial charge in [-0.15, -0.1) is 0 Å². The summed E-state index contributed by atoms with van der Waals surface area (Å²) in [6, 6.07) is 48.5.